The second-order valence-corrected chi connectivity index (χ2v) is 5.92. The highest BCUT2D eigenvalue weighted by Gasteiger charge is 2.30. The second kappa shape index (κ2) is 7.38. The van der Waals surface area contributed by atoms with Crippen LogP contribution in [0.2, 0.25) is 0 Å². The maximum Gasteiger partial charge on any atom is 0.324 e. The normalized spacial score (nSPS) is 13.2. The first-order valence-electron chi connectivity index (χ1n) is 6.39. The number of esters is 1. The zero-order valence-electron chi connectivity index (χ0n) is 12.4. The van der Waals surface area contributed by atoms with Crippen LogP contribution in [0.15, 0.2) is 0 Å². The van der Waals surface area contributed by atoms with Crippen molar-refractivity contribution in [2.75, 3.05) is 13.2 Å². The standard InChI is InChI=1S/C14H24O5/c1-9(6-14(4,5)8-15)7-19-13(18)12(10(2)16)11(3)17/h9,12,15H,6-8H2,1-5H3. The van der Waals surface area contributed by atoms with Crippen molar-refractivity contribution in [3.63, 3.8) is 0 Å². The van der Waals surface area contributed by atoms with E-state index in [9.17, 15) is 14.4 Å². The van der Waals surface area contributed by atoms with Gasteiger partial charge in [0.2, 0.25) is 0 Å². The van der Waals surface area contributed by atoms with Gasteiger partial charge in [-0.2, -0.15) is 0 Å². The molecule has 0 radical (unpaired) electrons. The van der Waals surface area contributed by atoms with Gasteiger partial charge in [0.15, 0.2) is 17.5 Å². The molecule has 0 saturated carbocycles. The van der Waals surface area contributed by atoms with Gasteiger partial charge in [-0.15, -0.1) is 0 Å². The van der Waals surface area contributed by atoms with E-state index >= 15 is 0 Å². The number of Topliss-reactive ketones (excluding diaryl/α,β-unsaturated/α-hetero) is 2. The molecule has 110 valence electrons. The fourth-order valence-corrected chi connectivity index (χ4v) is 1.99. The van der Waals surface area contributed by atoms with Crippen molar-refractivity contribution in [3.8, 4) is 0 Å². The largest absolute Gasteiger partial charge is 0.465 e. The molecule has 1 N–H and O–H groups in total. The Kier molecular flexibility index (Phi) is 6.90. The molecule has 0 fully saturated rings. The van der Waals surface area contributed by atoms with E-state index in [2.05, 4.69) is 0 Å². The zero-order chi connectivity index (χ0) is 15.2. The van der Waals surface area contributed by atoms with Crippen molar-refractivity contribution in [2.45, 2.75) is 41.0 Å². The van der Waals surface area contributed by atoms with Crippen LogP contribution >= 0.6 is 0 Å². The Morgan fingerprint density at radius 3 is 2.00 bits per heavy atom. The lowest BCUT2D eigenvalue weighted by atomic mass is 9.84. The second-order valence-electron chi connectivity index (χ2n) is 5.92. The highest BCUT2D eigenvalue weighted by Crippen LogP contribution is 2.24. The molecule has 0 spiro atoms. The topological polar surface area (TPSA) is 80.7 Å². The minimum atomic E-state index is -1.31. The maximum absolute atomic E-state index is 11.7. The molecule has 0 aliphatic rings. The first-order chi connectivity index (χ1) is 8.60. The summed E-state index contributed by atoms with van der Waals surface area (Å²) in [4.78, 5) is 34.0. The number of rotatable bonds is 8. The van der Waals surface area contributed by atoms with Crippen LogP contribution in [0.4, 0.5) is 0 Å². The number of carbonyl (C=O) groups is 3. The molecule has 0 saturated heterocycles. The molecule has 0 amide bonds. The summed E-state index contributed by atoms with van der Waals surface area (Å²) in [5, 5.41) is 9.16. The van der Waals surface area contributed by atoms with Gasteiger partial charge in [-0.1, -0.05) is 20.8 Å². The minimum Gasteiger partial charge on any atom is -0.465 e. The van der Waals surface area contributed by atoms with Crippen molar-refractivity contribution < 1.29 is 24.2 Å². The van der Waals surface area contributed by atoms with Crippen LogP contribution in [-0.4, -0.2) is 35.9 Å². The molecule has 0 heterocycles. The molecule has 1 atom stereocenters. The average Bonchev–Trinajstić information content (AvgIpc) is 2.24. The summed E-state index contributed by atoms with van der Waals surface area (Å²) in [6.45, 7) is 8.31. The summed E-state index contributed by atoms with van der Waals surface area (Å²) in [5.74, 6) is -3.04. The van der Waals surface area contributed by atoms with Crippen molar-refractivity contribution in [2.24, 2.45) is 17.3 Å². The van der Waals surface area contributed by atoms with Crippen LogP contribution in [0.25, 0.3) is 0 Å². The van der Waals surface area contributed by atoms with Crippen LogP contribution in [0.1, 0.15) is 41.0 Å². The number of hydrogen-bond donors (Lipinski definition) is 1. The lowest BCUT2D eigenvalue weighted by molar-refractivity contribution is -0.155. The van der Waals surface area contributed by atoms with Gasteiger partial charge in [0.05, 0.1) is 6.61 Å². The molecular formula is C14H24O5. The van der Waals surface area contributed by atoms with Crippen molar-refractivity contribution in [3.05, 3.63) is 0 Å². The summed E-state index contributed by atoms with van der Waals surface area (Å²) in [6.07, 6.45) is 0.682. The summed E-state index contributed by atoms with van der Waals surface area (Å²) in [7, 11) is 0. The first kappa shape index (κ1) is 17.8. The Morgan fingerprint density at radius 2 is 1.63 bits per heavy atom. The molecule has 1 unspecified atom stereocenters. The third-order valence-electron chi connectivity index (χ3n) is 2.89. The summed E-state index contributed by atoms with van der Waals surface area (Å²) in [5.41, 5.74) is -0.244. The predicted molar refractivity (Wildman–Crippen MR) is 70.5 cm³/mol. The Bertz CT molecular complexity index is 332. The Hall–Kier alpha value is -1.23. The Balaban J connectivity index is 4.36. The fraction of sp³-hybridized carbons (Fsp3) is 0.786. The number of aliphatic hydroxyl groups is 1. The summed E-state index contributed by atoms with van der Waals surface area (Å²) in [6, 6.07) is 0. The minimum absolute atomic E-state index is 0.0469. The zero-order valence-corrected chi connectivity index (χ0v) is 12.4. The first-order valence-corrected chi connectivity index (χ1v) is 6.39. The third kappa shape index (κ3) is 6.47. The van der Waals surface area contributed by atoms with E-state index in [1.807, 2.05) is 20.8 Å². The van der Waals surface area contributed by atoms with E-state index in [0.29, 0.717) is 6.42 Å². The number of carbonyl (C=O) groups excluding carboxylic acids is 3. The van der Waals surface area contributed by atoms with Gasteiger partial charge in [0.1, 0.15) is 0 Å². The van der Waals surface area contributed by atoms with Gasteiger partial charge in [-0.25, -0.2) is 0 Å². The smallest absolute Gasteiger partial charge is 0.324 e. The van der Waals surface area contributed by atoms with Gasteiger partial charge in [0.25, 0.3) is 0 Å². The molecule has 0 aliphatic carbocycles. The number of aliphatic hydroxyl groups excluding tert-OH is 1. The highest BCUT2D eigenvalue weighted by atomic mass is 16.5. The van der Waals surface area contributed by atoms with E-state index in [4.69, 9.17) is 9.84 Å². The molecule has 0 aromatic heterocycles. The van der Waals surface area contributed by atoms with E-state index in [0.717, 1.165) is 0 Å². The SMILES string of the molecule is CC(=O)C(C(C)=O)C(=O)OCC(C)CC(C)(C)CO. The van der Waals surface area contributed by atoms with E-state index in [1.165, 1.54) is 13.8 Å². The fourth-order valence-electron chi connectivity index (χ4n) is 1.99. The van der Waals surface area contributed by atoms with Gasteiger partial charge in [0, 0.05) is 6.61 Å². The Labute approximate surface area is 114 Å². The molecule has 5 nitrogen and oxygen atoms in total. The van der Waals surface area contributed by atoms with Crippen LogP contribution in [0.3, 0.4) is 0 Å². The number of ether oxygens (including phenoxy) is 1. The van der Waals surface area contributed by atoms with E-state index in [1.54, 1.807) is 0 Å². The number of hydrogen-bond acceptors (Lipinski definition) is 5. The predicted octanol–water partition coefficient (Wildman–Crippen LogP) is 1.37. The molecule has 0 rings (SSSR count). The van der Waals surface area contributed by atoms with Crippen molar-refractivity contribution in [1.29, 1.82) is 0 Å². The van der Waals surface area contributed by atoms with Crippen LogP contribution in [-0.2, 0) is 19.1 Å². The highest BCUT2D eigenvalue weighted by molar-refractivity contribution is 6.15. The van der Waals surface area contributed by atoms with Gasteiger partial charge >= 0.3 is 5.97 Å². The molecular weight excluding hydrogens is 248 g/mol. The lowest BCUT2D eigenvalue weighted by Crippen LogP contribution is -2.32. The molecule has 0 aliphatic heterocycles. The number of ketones is 2. The van der Waals surface area contributed by atoms with Crippen LogP contribution in [0, 0.1) is 17.3 Å². The molecule has 5 heteroatoms. The molecule has 19 heavy (non-hydrogen) atoms. The molecule has 0 aromatic rings. The van der Waals surface area contributed by atoms with Gasteiger partial charge in [-0.3, -0.25) is 14.4 Å². The third-order valence-corrected chi connectivity index (χ3v) is 2.89. The molecule has 0 aromatic carbocycles. The lowest BCUT2D eigenvalue weighted by Gasteiger charge is -2.25. The molecule has 0 bridgehead atoms. The van der Waals surface area contributed by atoms with E-state index in [-0.39, 0.29) is 24.5 Å². The van der Waals surface area contributed by atoms with Crippen LogP contribution in [0.5, 0.6) is 0 Å². The van der Waals surface area contributed by atoms with Crippen molar-refractivity contribution >= 4 is 17.5 Å². The monoisotopic (exact) mass is 272 g/mol. The van der Waals surface area contributed by atoms with Crippen molar-refractivity contribution in [1.82, 2.24) is 0 Å². The van der Waals surface area contributed by atoms with Crippen LogP contribution < -0.4 is 0 Å². The summed E-state index contributed by atoms with van der Waals surface area (Å²) < 4.78 is 5.02. The summed E-state index contributed by atoms with van der Waals surface area (Å²) >= 11 is 0. The Morgan fingerprint density at radius 1 is 1.16 bits per heavy atom. The maximum atomic E-state index is 11.7. The van der Waals surface area contributed by atoms with Gasteiger partial charge < -0.3 is 9.84 Å². The average molecular weight is 272 g/mol. The van der Waals surface area contributed by atoms with E-state index < -0.39 is 23.5 Å². The van der Waals surface area contributed by atoms with Gasteiger partial charge in [-0.05, 0) is 31.6 Å². The quantitative estimate of drug-likeness (QED) is 0.533.